The van der Waals surface area contributed by atoms with Gasteiger partial charge in [0.25, 0.3) is 0 Å². The van der Waals surface area contributed by atoms with E-state index >= 15 is 0 Å². The van der Waals surface area contributed by atoms with Crippen LogP contribution in [0.15, 0.2) is 18.7 Å². The molecule has 0 spiro atoms. The van der Waals surface area contributed by atoms with Crippen LogP contribution in [0.1, 0.15) is 12.8 Å². The minimum atomic E-state index is 0.305. The summed E-state index contributed by atoms with van der Waals surface area (Å²) in [6.07, 6.45) is 7.19. The minimum Gasteiger partial charge on any atom is -0.487 e. The Morgan fingerprint density at radius 3 is 2.64 bits per heavy atom. The number of hydrogen-bond donors (Lipinski definition) is 1. The minimum absolute atomic E-state index is 0.305. The summed E-state index contributed by atoms with van der Waals surface area (Å²) in [5.74, 6) is 1.48. The molecular formula is C14H13ClN6O. The number of aryl methyl sites for hydroxylation is 1. The fraction of sp³-hybridized carbons (Fsp3) is 0.286. The van der Waals surface area contributed by atoms with E-state index in [1.807, 2.05) is 7.05 Å². The number of anilines is 1. The molecule has 3 heterocycles. The third kappa shape index (κ3) is 2.05. The molecule has 0 bridgehead atoms. The maximum absolute atomic E-state index is 6.41. The number of nitrogens with zero attached hydrogens (tertiary/aromatic N) is 5. The Balaban J connectivity index is 1.84. The van der Waals surface area contributed by atoms with E-state index in [1.54, 1.807) is 17.0 Å². The van der Waals surface area contributed by atoms with Crippen molar-refractivity contribution in [1.29, 1.82) is 0 Å². The number of hydrogen-bond acceptors (Lipinski definition) is 6. The van der Waals surface area contributed by atoms with Gasteiger partial charge in [-0.15, -0.1) is 0 Å². The van der Waals surface area contributed by atoms with Crippen LogP contribution < -0.4 is 10.5 Å². The molecule has 0 aliphatic heterocycles. The fourth-order valence-corrected chi connectivity index (χ4v) is 2.60. The van der Waals surface area contributed by atoms with E-state index in [0.29, 0.717) is 45.2 Å². The summed E-state index contributed by atoms with van der Waals surface area (Å²) in [7, 11) is 1.81. The first-order chi connectivity index (χ1) is 10.6. The molecule has 2 N–H and O–H groups in total. The van der Waals surface area contributed by atoms with E-state index in [0.717, 1.165) is 12.8 Å². The monoisotopic (exact) mass is 316 g/mol. The topological polar surface area (TPSA) is 91.7 Å². The molecule has 7 nitrogen and oxygen atoms in total. The number of rotatable bonds is 3. The van der Waals surface area contributed by atoms with Crippen LogP contribution in [0, 0.1) is 0 Å². The van der Waals surface area contributed by atoms with Crippen molar-refractivity contribution < 1.29 is 4.74 Å². The number of halogens is 1. The molecule has 1 saturated carbocycles. The zero-order valence-electron chi connectivity index (χ0n) is 11.8. The molecule has 1 aliphatic carbocycles. The van der Waals surface area contributed by atoms with E-state index < -0.39 is 0 Å². The van der Waals surface area contributed by atoms with Crippen molar-refractivity contribution in [1.82, 2.24) is 24.5 Å². The van der Waals surface area contributed by atoms with Gasteiger partial charge in [-0.05, 0) is 12.8 Å². The third-order valence-electron chi connectivity index (χ3n) is 3.60. The summed E-state index contributed by atoms with van der Waals surface area (Å²) in [5, 5.41) is 1.13. The maximum atomic E-state index is 6.41. The Bertz CT molecular complexity index is 856. The second-order valence-corrected chi connectivity index (χ2v) is 5.60. The van der Waals surface area contributed by atoms with Crippen molar-refractivity contribution in [2.75, 3.05) is 5.73 Å². The summed E-state index contributed by atoms with van der Waals surface area (Å²) in [6.45, 7) is 0. The Kier molecular flexibility index (Phi) is 2.90. The SMILES string of the molecule is Cn1c(Cl)c(-c2ncc(OC3CC3)cn2)c2c(N)ncnc21. The zero-order chi connectivity index (χ0) is 15.3. The average molecular weight is 317 g/mol. The van der Waals surface area contributed by atoms with Gasteiger partial charge in [0, 0.05) is 7.05 Å². The number of nitrogen functional groups attached to an aromatic ring is 1. The van der Waals surface area contributed by atoms with Crippen molar-refractivity contribution in [3.05, 3.63) is 23.9 Å². The Hall–Kier alpha value is -2.41. The molecule has 4 rings (SSSR count). The molecular weight excluding hydrogens is 304 g/mol. The first-order valence-corrected chi connectivity index (χ1v) is 7.26. The summed E-state index contributed by atoms with van der Waals surface area (Å²) in [6, 6.07) is 0. The van der Waals surface area contributed by atoms with Crippen LogP contribution in [-0.2, 0) is 7.05 Å². The normalized spacial score (nSPS) is 14.5. The van der Waals surface area contributed by atoms with E-state index in [4.69, 9.17) is 22.1 Å². The van der Waals surface area contributed by atoms with Gasteiger partial charge in [-0.25, -0.2) is 19.9 Å². The highest BCUT2D eigenvalue weighted by Gasteiger charge is 2.24. The van der Waals surface area contributed by atoms with E-state index in [9.17, 15) is 0 Å². The van der Waals surface area contributed by atoms with Crippen LogP contribution in [0.3, 0.4) is 0 Å². The van der Waals surface area contributed by atoms with Gasteiger partial charge in [0.1, 0.15) is 22.9 Å². The number of aromatic nitrogens is 5. The summed E-state index contributed by atoms with van der Waals surface area (Å²) < 4.78 is 7.39. The molecule has 0 atom stereocenters. The van der Waals surface area contributed by atoms with E-state index in [2.05, 4.69) is 19.9 Å². The molecule has 0 amide bonds. The lowest BCUT2D eigenvalue weighted by Gasteiger charge is -2.04. The van der Waals surface area contributed by atoms with Gasteiger partial charge in [0.15, 0.2) is 11.6 Å². The number of ether oxygens (including phenoxy) is 1. The summed E-state index contributed by atoms with van der Waals surface area (Å²) >= 11 is 6.41. The molecule has 1 aliphatic rings. The van der Waals surface area contributed by atoms with Gasteiger partial charge in [0.05, 0.1) is 29.4 Å². The molecule has 112 valence electrons. The van der Waals surface area contributed by atoms with Crippen LogP contribution in [0.2, 0.25) is 5.15 Å². The zero-order valence-corrected chi connectivity index (χ0v) is 12.6. The van der Waals surface area contributed by atoms with Gasteiger partial charge >= 0.3 is 0 Å². The lowest BCUT2D eigenvalue weighted by atomic mass is 10.2. The third-order valence-corrected chi connectivity index (χ3v) is 4.05. The molecule has 0 saturated heterocycles. The predicted molar refractivity (Wildman–Crippen MR) is 82.6 cm³/mol. The van der Waals surface area contributed by atoms with E-state index in [1.165, 1.54) is 6.33 Å². The fourth-order valence-electron chi connectivity index (χ4n) is 2.34. The first kappa shape index (κ1) is 13.3. The smallest absolute Gasteiger partial charge is 0.163 e. The number of nitrogens with two attached hydrogens (primary N) is 1. The Morgan fingerprint density at radius 1 is 1.23 bits per heavy atom. The van der Waals surface area contributed by atoms with Crippen molar-refractivity contribution in [3.8, 4) is 17.1 Å². The van der Waals surface area contributed by atoms with Gasteiger partial charge in [-0.2, -0.15) is 0 Å². The largest absolute Gasteiger partial charge is 0.487 e. The van der Waals surface area contributed by atoms with Crippen molar-refractivity contribution >= 4 is 28.5 Å². The van der Waals surface area contributed by atoms with Crippen molar-refractivity contribution in [3.63, 3.8) is 0 Å². The molecule has 22 heavy (non-hydrogen) atoms. The van der Waals surface area contributed by atoms with Crippen LogP contribution in [0.5, 0.6) is 5.75 Å². The van der Waals surface area contributed by atoms with Crippen molar-refractivity contribution in [2.24, 2.45) is 7.05 Å². The van der Waals surface area contributed by atoms with Crippen LogP contribution in [0.4, 0.5) is 5.82 Å². The van der Waals surface area contributed by atoms with Gasteiger partial charge in [-0.3, -0.25) is 0 Å². The second kappa shape index (κ2) is 4.81. The lowest BCUT2D eigenvalue weighted by molar-refractivity contribution is 0.300. The molecule has 1 fully saturated rings. The molecule has 0 radical (unpaired) electrons. The number of fused-ring (bicyclic) bond motifs is 1. The molecule has 0 unspecified atom stereocenters. The highest BCUT2D eigenvalue weighted by atomic mass is 35.5. The summed E-state index contributed by atoms with van der Waals surface area (Å²) in [5.41, 5.74) is 7.26. The summed E-state index contributed by atoms with van der Waals surface area (Å²) in [4.78, 5) is 16.9. The van der Waals surface area contributed by atoms with Crippen LogP contribution >= 0.6 is 11.6 Å². The van der Waals surface area contributed by atoms with E-state index in [-0.39, 0.29) is 0 Å². The van der Waals surface area contributed by atoms with Gasteiger partial charge in [-0.1, -0.05) is 11.6 Å². The lowest BCUT2D eigenvalue weighted by Crippen LogP contribution is -1.98. The second-order valence-electron chi connectivity index (χ2n) is 5.24. The molecule has 8 heteroatoms. The molecule has 0 aromatic carbocycles. The highest BCUT2D eigenvalue weighted by Crippen LogP contribution is 2.37. The van der Waals surface area contributed by atoms with Crippen molar-refractivity contribution in [2.45, 2.75) is 18.9 Å². The standard InChI is InChI=1S/C14H13ClN6O/c1-21-11(15)9(10-12(16)19-6-20-14(10)21)13-17-4-8(5-18-13)22-7-2-3-7/h4-7H,2-3H2,1H3,(H2,16,19,20). The average Bonchev–Trinajstić information content (AvgIpc) is 3.29. The highest BCUT2D eigenvalue weighted by molar-refractivity contribution is 6.35. The Labute approximate surface area is 131 Å². The predicted octanol–water partition coefficient (Wildman–Crippen LogP) is 2.20. The van der Waals surface area contributed by atoms with Crippen LogP contribution in [0.25, 0.3) is 22.4 Å². The molecule has 3 aromatic heterocycles. The Morgan fingerprint density at radius 2 is 1.95 bits per heavy atom. The van der Waals surface area contributed by atoms with Gasteiger partial charge < -0.3 is 15.0 Å². The quantitative estimate of drug-likeness (QED) is 0.796. The molecule has 3 aromatic rings. The first-order valence-electron chi connectivity index (χ1n) is 6.88. The van der Waals surface area contributed by atoms with Crippen LogP contribution in [-0.4, -0.2) is 30.6 Å². The van der Waals surface area contributed by atoms with Gasteiger partial charge in [0.2, 0.25) is 0 Å². The maximum Gasteiger partial charge on any atom is 0.163 e.